The summed E-state index contributed by atoms with van der Waals surface area (Å²) in [4.78, 5) is 0. The molecule has 42 heavy (non-hydrogen) atoms. The molecule has 230 valence electrons. The molecule has 1 unspecified atom stereocenters. The first-order chi connectivity index (χ1) is 20.6. The number of fused-ring (bicyclic) bond motifs is 3. The summed E-state index contributed by atoms with van der Waals surface area (Å²) in [6.45, 7) is 10.5. The minimum absolute atomic E-state index is 0.388. The van der Waals surface area contributed by atoms with Gasteiger partial charge in [0, 0.05) is 19.8 Å². The van der Waals surface area contributed by atoms with Crippen molar-refractivity contribution in [2.24, 2.45) is 5.73 Å². The second kappa shape index (κ2) is 18.2. The van der Waals surface area contributed by atoms with Crippen molar-refractivity contribution >= 4 is 0 Å². The average molecular weight is 574 g/mol. The summed E-state index contributed by atoms with van der Waals surface area (Å²) in [5, 5.41) is 0. The zero-order valence-corrected chi connectivity index (χ0v) is 26.7. The van der Waals surface area contributed by atoms with E-state index < -0.39 is 5.97 Å². The van der Waals surface area contributed by atoms with E-state index in [4.69, 9.17) is 19.9 Å². The van der Waals surface area contributed by atoms with Crippen molar-refractivity contribution in [1.29, 1.82) is 0 Å². The zero-order chi connectivity index (χ0) is 30.1. The lowest BCUT2D eigenvalue weighted by Crippen LogP contribution is -2.58. The largest absolute Gasteiger partial charge is 0.330 e. The molecular weight excluding hydrogens is 518 g/mol. The molecule has 0 aromatic heterocycles. The average Bonchev–Trinajstić information content (AvgIpc) is 3.40. The molecule has 0 bridgehead atoms. The molecule has 1 aliphatic rings. The lowest BCUT2D eigenvalue weighted by Gasteiger charge is -2.49. The van der Waals surface area contributed by atoms with Gasteiger partial charge in [-0.1, -0.05) is 124 Å². The van der Waals surface area contributed by atoms with Crippen LogP contribution in [0.4, 0.5) is 0 Å². The fourth-order valence-corrected chi connectivity index (χ4v) is 6.45. The van der Waals surface area contributed by atoms with Gasteiger partial charge in [-0.3, -0.25) is 0 Å². The van der Waals surface area contributed by atoms with Crippen LogP contribution in [0.2, 0.25) is 0 Å². The van der Waals surface area contributed by atoms with E-state index in [-0.39, 0.29) is 5.41 Å². The van der Waals surface area contributed by atoms with Crippen LogP contribution in [0, 0.1) is 0 Å². The Kier molecular flexibility index (Phi) is 14.8. The van der Waals surface area contributed by atoms with Gasteiger partial charge in [-0.25, -0.2) is 0 Å². The highest BCUT2D eigenvalue weighted by Crippen LogP contribution is 2.48. The van der Waals surface area contributed by atoms with Crippen molar-refractivity contribution in [1.82, 2.24) is 0 Å². The summed E-state index contributed by atoms with van der Waals surface area (Å²) in [5.41, 5.74) is 12.6. The van der Waals surface area contributed by atoms with Crippen molar-refractivity contribution in [3.8, 4) is 11.1 Å². The van der Waals surface area contributed by atoms with Gasteiger partial charge >= 0.3 is 0 Å². The van der Waals surface area contributed by atoms with Gasteiger partial charge in [0.25, 0.3) is 5.97 Å². The molecule has 4 nitrogen and oxygen atoms in total. The van der Waals surface area contributed by atoms with Crippen LogP contribution in [0.5, 0.6) is 0 Å². The third-order valence-electron chi connectivity index (χ3n) is 8.39. The van der Waals surface area contributed by atoms with Gasteiger partial charge < -0.3 is 19.9 Å². The van der Waals surface area contributed by atoms with Gasteiger partial charge in [0.1, 0.15) is 0 Å². The number of benzene rings is 3. The van der Waals surface area contributed by atoms with Crippen molar-refractivity contribution < 1.29 is 14.2 Å². The number of hydrogen-bond donors (Lipinski definition) is 1. The van der Waals surface area contributed by atoms with Gasteiger partial charge in [0.05, 0.1) is 5.41 Å². The Morgan fingerprint density at radius 1 is 0.571 bits per heavy atom. The van der Waals surface area contributed by atoms with E-state index in [1.807, 2.05) is 20.8 Å². The zero-order valence-electron chi connectivity index (χ0n) is 26.7. The lowest BCUT2D eigenvalue weighted by atomic mass is 9.70. The van der Waals surface area contributed by atoms with Crippen molar-refractivity contribution in [2.45, 2.75) is 103 Å². The molecule has 4 heteroatoms. The van der Waals surface area contributed by atoms with E-state index in [2.05, 4.69) is 85.8 Å². The number of hydrogen-bond acceptors (Lipinski definition) is 4. The predicted octanol–water partition coefficient (Wildman–Crippen LogP) is 9.44. The van der Waals surface area contributed by atoms with Crippen LogP contribution in [-0.4, -0.2) is 32.3 Å². The molecule has 0 saturated heterocycles. The number of rotatable bonds is 18. The molecule has 0 aliphatic heterocycles. The van der Waals surface area contributed by atoms with Crippen LogP contribution in [0.25, 0.3) is 11.1 Å². The fraction of sp³-hybridized carbons (Fsp3) is 0.526. The van der Waals surface area contributed by atoms with E-state index in [0.29, 0.717) is 26.4 Å². The third kappa shape index (κ3) is 8.54. The minimum atomic E-state index is -1.09. The van der Waals surface area contributed by atoms with Crippen molar-refractivity contribution in [2.75, 3.05) is 26.4 Å². The van der Waals surface area contributed by atoms with Crippen molar-refractivity contribution in [3.05, 3.63) is 95.6 Å². The second-order valence-electron chi connectivity index (χ2n) is 11.2. The monoisotopic (exact) mass is 573 g/mol. The standard InChI is InChI=1S/C25H45NO3.C13H10/c1-5-9-10-11-12-16-20-24(21-17-22-26,23-18-14-13-15-19-23)25(27-6-2,28-7-3)29-8-4;1-3-7-12-10(5-1)9-11-6-2-4-8-13(11)12/h13-15,18-19H,5-12,16-17,20-22,26H2,1-4H3;1-8H,9H2. The highest BCUT2D eigenvalue weighted by atomic mass is 16.9. The first-order valence-corrected chi connectivity index (χ1v) is 16.4. The van der Waals surface area contributed by atoms with E-state index >= 15 is 0 Å². The van der Waals surface area contributed by atoms with Crippen molar-refractivity contribution in [3.63, 3.8) is 0 Å². The van der Waals surface area contributed by atoms with Crippen LogP contribution in [0.15, 0.2) is 78.9 Å². The topological polar surface area (TPSA) is 53.7 Å². The summed E-state index contributed by atoms with van der Waals surface area (Å²) in [6, 6.07) is 28.0. The van der Waals surface area contributed by atoms with E-state index in [1.165, 1.54) is 59.9 Å². The Balaban J connectivity index is 0.000000302. The van der Waals surface area contributed by atoms with Crippen LogP contribution in [0.3, 0.4) is 0 Å². The van der Waals surface area contributed by atoms with Gasteiger partial charge in [0.15, 0.2) is 0 Å². The summed E-state index contributed by atoms with van der Waals surface area (Å²) in [5.74, 6) is -1.09. The van der Waals surface area contributed by atoms with Crippen LogP contribution in [-0.2, 0) is 26.0 Å². The smallest absolute Gasteiger partial charge is 0.293 e. The van der Waals surface area contributed by atoms with E-state index in [0.717, 1.165) is 32.1 Å². The molecule has 3 aromatic carbocycles. The molecule has 2 N–H and O–H groups in total. The Morgan fingerprint density at radius 2 is 1.05 bits per heavy atom. The molecular formula is C38H55NO3. The maximum absolute atomic E-state index is 6.34. The predicted molar refractivity (Wildman–Crippen MR) is 177 cm³/mol. The second-order valence-corrected chi connectivity index (χ2v) is 11.2. The first-order valence-electron chi connectivity index (χ1n) is 16.4. The highest BCUT2D eigenvalue weighted by Gasteiger charge is 2.55. The van der Waals surface area contributed by atoms with Crippen LogP contribution >= 0.6 is 0 Å². The summed E-state index contributed by atoms with van der Waals surface area (Å²) in [6.07, 6.45) is 11.4. The molecule has 1 aliphatic carbocycles. The number of unbranched alkanes of at least 4 members (excludes halogenated alkanes) is 5. The van der Waals surface area contributed by atoms with Gasteiger partial charge in [-0.15, -0.1) is 0 Å². The molecule has 0 saturated carbocycles. The number of nitrogens with two attached hydrogens (primary N) is 1. The quantitative estimate of drug-likeness (QED) is 0.0951. The Hall–Kier alpha value is -2.50. The molecule has 0 radical (unpaired) electrons. The summed E-state index contributed by atoms with van der Waals surface area (Å²) >= 11 is 0. The highest BCUT2D eigenvalue weighted by molar-refractivity contribution is 5.76. The maximum atomic E-state index is 6.34. The Morgan fingerprint density at radius 3 is 1.57 bits per heavy atom. The molecule has 0 spiro atoms. The molecule has 4 rings (SSSR count). The molecule has 3 aromatic rings. The fourth-order valence-electron chi connectivity index (χ4n) is 6.45. The van der Waals surface area contributed by atoms with Gasteiger partial charge in [-0.2, -0.15) is 0 Å². The molecule has 0 fully saturated rings. The number of ether oxygens (including phenoxy) is 3. The summed E-state index contributed by atoms with van der Waals surface area (Å²) < 4.78 is 19.0. The van der Waals surface area contributed by atoms with Crippen LogP contribution < -0.4 is 5.73 Å². The molecule has 1 atom stereocenters. The summed E-state index contributed by atoms with van der Waals surface area (Å²) in [7, 11) is 0. The van der Waals surface area contributed by atoms with E-state index in [9.17, 15) is 0 Å². The third-order valence-corrected chi connectivity index (χ3v) is 8.39. The molecule has 0 amide bonds. The first kappa shape index (κ1) is 34.0. The van der Waals surface area contributed by atoms with E-state index in [1.54, 1.807) is 0 Å². The van der Waals surface area contributed by atoms with Gasteiger partial charge in [-0.05, 0) is 80.8 Å². The molecule has 0 heterocycles. The Labute approximate surface area is 256 Å². The lowest BCUT2D eigenvalue weighted by molar-refractivity contribution is -0.412. The normalized spacial score (nSPS) is 13.5. The minimum Gasteiger partial charge on any atom is -0.330 e. The Bertz CT molecular complexity index is 1090. The maximum Gasteiger partial charge on any atom is 0.293 e. The van der Waals surface area contributed by atoms with Crippen LogP contribution in [0.1, 0.15) is 102 Å². The van der Waals surface area contributed by atoms with Gasteiger partial charge in [0.2, 0.25) is 0 Å². The SMILES string of the molecule is CCCCCCCCC(CCCN)(c1ccccc1)C(OCC)(OCC)OCC.c1ccc2c(c1)Cc1ccccc1-2.